The highest BCUT2D eigenvalue weighted by molar-refractivity contribution is 7.80. The van der Waals surface area contributed by atoms with Crippen molar-refractivity contribution in [3.8, 4) is 0 Å². The van der Waals surface area contributed by atoms with Gasteiger partial charge in [0.1, 0.15) is 0 Å². The van der Waals surface area contributed by atoms with E-state index in [1.807, 2.05) is 0 Å². The number of rotatable bonds is 4. The molecule has 0 amide bonds. The van der Waals surface area contributed by atoms with Crippen LogP contribution in [-0.2, 0) is 12.7 Å². The number of thiocarbonyl (C=S) groups is 1. The van der Waals surface area contributed by atoms with E-state index in [9.17, 15) is 13.2 Å². The molecule has 1 aliphatic heterocycles. The summed E-state index contributed by atoms with van der Waals surface area (Å²) in [4.78, 5) is 2.42. The van der Waals surface area contributed by atoms with Gasteiger partial charge in [0.25, 0.3) is 0 Å². The van der Waals surface area contributed by atoms with Crippen LogP contribution in [-0.4, -0.2) is 18.2 Å². The molecule has 0 saturated carbocycles. The van der Waals surface area contributed by atoms with Gasteiger partial charge >= 0.3 is 6.18 Å². The van der Waals surface area contributed by atoms with Gasteiger partial charge in [0.05, 0.1) is 5.56 Å². The Balaban J connectivity index is 1.49. The van der Waals surface area contributed by atoms with Crippen LogP contribution in [0.4, 0.5) is 24.5 Å². The molecule has 28 heavy (non-hydrogen) atoms. The molecule has 0 radical (unpaired) electrons. The molecule has 1 saturated heterocycles. The van der Waals surface area contributed by atoms with Crippen molar-refractivity contribution in [3.63, 3.8) is 0 Å². The van der Waals surface area contributed by atoms with Crippen LogP contribution in [0, 0.1) is 5.92 Å². The minimum absolute atomic E-state index is 0.369. The number of nitrogens with zero attached hydrogens (tertiary/aromatic N) is 1. The molecule has 2 N–H and O–H groups in total. The second-order valence-electron chi connectivity index (χ2n) is 7.24. The summed E-state index contributed by atoms with van der Waals surface area (Å²) in [6.45, 7) is 5.03. The van der Waals surface area contributed by atoms with E-state index in [-0.39, 0.29) is 0 Å². The van der Waals surface area contributed by atoms with Crippen molar-refractivity contribution in [2.75, 3.05) is 23.3 Å². The van der Waals surface area contributed by atoms with Gasteiger partial charge in [0, 0.05) is 31.0 Å². The molecule has 3 nitrogen and oxygen atoms in total. The largest absolute Gasteiger partial charge is 0.416 e. The van der Waals surface area contributed by atoms with Gasteiger partial charge < -0.3 is 15.5 Å². The van der Waals surface area contributed by atoms with Crippen LogP contribution in [0.2, 0.25) is 0 Å². The monoisotopic (exact) mass is 407 g/mol. The molecular formula is C21H24F3N3S. The van der Waals surface area contributed by atoms with Crippen LogP contribution in [0.1, 0.15) is 30.9 Å². The van der Waals surface area contributed by atoms with E-state index in [1.54, 1.807) is 0 Å². The molecule has 0 unspecified atom stereocenters. The first-order valence-corrected chi connectivity index (χ1v) is 9.78. The molecule has 1 heterocycles. The molecule has 2 aromatic carbocycles. The van der Waals surface area contributed by atoms with E-state index in [0.29, 0.717) is 17.3 Å². The van der Waals surface area contributed by atoms with E-state index in [4.69, 9.17) is 12.2 Å². The number of halogens is 3. The average molecular weight is 408 g/mol. The normalized spacial score (nSPS) is 17.3. The predicted octanol–water partition coefficient (Wildman–Crippen LogP) is 5.43. The Hall–Kier alpha value is -2.28. The van der Waals surface area contributed by atoms with Crippen molar-refractivity contribution in [3.05, 3.63) is 59.7 Å². The van der Waals surface area contributed by atoms with Gasteiger partial charge in [-0.2, -0.15) is 13.2 Å². The molecule has 1 fully saturated rings. The average Bonchev–Trinajstić information content (AvgIpc) is 2.66. The Bertz CT molecular complexity index is 788. The lowest BCUT2D eigenvalue weighted by molar-refractivity contribution is -0.137. The second kappa shape index (κ2) is 8.82. The first kappa shape index (κ1) is 20.5. The maximum atomic E-state index is 12.6. The van der Waals surface area contributed by atoms with E-state index < -0.39 is 11.7 Å². The number of anilines is 2. The maximum absolute atomic E-state index is 12.6. The van der Waals surface area contributed by atoms with E-state index in [1.165, 1.54) is 30.7 Å². The Labute approximate surface area is 168 Å². The molecule has 150 valence electrons. The third kappa shape index (κ3) is 5.61. The van der Waals surface area contributed by atoms with Crippen molar-refractivity contribution in [2.45, 2.75) is 32.5 Å². The van der Waals surface area contributed by atoms with Crippen molar-refractivity contribution in [1.82, 2.24) is 5.32 Å². The molecule has 3 rings (SSSR count). The summed E-state index contributed by atoms with van der Waals surface area (Å²) in [5, 5.41) is 6.36. The molecular weight excluding hydrogens is 383 g/mol. The summed E-state index contributed by atoms with van der Waals surface area (Å²) in [5.74, 6) is 0.726. The van der Waals surface area contributed by atoms with Gasteiger partial charge in [-0.15, -0.1) is 0 Å². The molecule has 7 heteroatoms. The quantitative estimate of drug-likeness (QED) is 0.661. The summed E-state index contributed by atoms with van der Waals surface area (Å²) in [5.41, 5.74) is 2.16. The van der Waals surface area contributed by atoms with Crippen molar-refractivity contribution in [1.29, 1.82) is 0 Å². The molecule has 0 aromatic heterocycles. The standard InChI is InChI=1S/C21H24F3N3S/c1-15-3-2-12-27(14-15)19-10-4-16(5-11-19)13-25-20(28)26-18-8-6-17(7-9-18)21(22,23)24/h4-11,15H,2-3,12-14H2,1H3,(H2,25,26,28)/t15-/m1/s1. The zero-order valence-corrected chi connectivity index (χ0v) is 16.5. The van der Waals surface area contributed by atoms with Crippen LogP contribution in [0.15, 0.2) is 48.5 Å². The van der Waals surface area contributed by atoms with E-state index in [2.05, 4.69) is 46.7 Å². The van der Waals surface area contributed by atoms with Crippen LogP contribution in [0.25, 0.3) is 0 Å². The number of nitrogens with one attached hydrogen (secondary N) is 2. The van der Waals surface area contributed by atoms with Gasteiger partial charge in [0.15, 0.2) is 5.11 Å². The number of piperidine rings is 1. The van der Waals surface area contributed by atoms with Gasteiger partial charge in [-0.05, 0) is 72.9 Å². The van der Waals surface area contributed by atoms with Crippen LogP contribution >= 0.6 is 12.2 Å². The molecule has 1 atom stereocenters. The fourth-order valence-corrected chi connectivity index (χ4v) is 3.54. The van der Waals surface area contributed by atoms with E-state index >= 15 is 0 Å². The summed E-state index contributed by atoms with van der Waals surface area (Å²) in [6, 6.07) is 13.2. The first-order valence-electron chi connectivity index (χ1n) is 9.37. The SMILES string of the molecule is C[C@@H]1CCCN(c2ccc(CNC(=S)Nc3ccc(C(F)(F)F)cc3)cc2)C1. The van der Waals surface area contributed by atoms with E-state index in [0.717, 1.165) is 36.7 Å². The first-order chi connectivity index (χ1) is 13.3. The third-order valence-electron chi connectivity index (χ3n) is 4.88. The summed E-state index contributed by atoms with van der Waals surface area (Å²) < 4.78 is 37.8. The number of alkyl halides is 3. The number of hydrogen-bond acceptors (Lipinski definition) is 2. The lowest BCUT2D eigenvalue weighted by Crippen LogP contribution is -2.34. The molecule has 2 aromatic rings. The summed E-state index contributed by atoms with van der Waals surface area (Å²) in [6.07, 6.45) is -1.81. The van der Waals surface area contributed by atoms with Gasteiger partial charge in [-0.25, -0.2) is 0 Å². The maximum Gasteiger partial charge on any atom is 0.416 e. The van der Waals surface area contributed by atoms with Gasteiger partial charge in [-0.3, -0.25) is 0 Å². The topological polar surface area (TPSA) is 27.3 Å². The summed E-state index contributed by atoms with van der Waals surface area (Å²) >= 11 is 5.23. The fourth-order valence-electron chi connectivity index (χ4n) is 3.35. The van der Waals surface area contributed by atoms with Gasteiger partial charge in [-0.1, -0.05) is 19.1 Å². The molecule has 1 aliphatic rings. The second-order valence-corrected chi connectivity index (χ2v) is 7.65. The number of benzene rings is 2. The fraction of sp³-hybridized carbons (Fsp3) is 0.381. The molecule has 0 aliphatic carbocycles. The van der Waals surface area contributed by atoms with Crippen molar-refractivity contribution < 1.29 is 13.2 Å². The zero-order chi connectivity index (χ0) is 20.1. The summed E-state index contributed by atoms with van der Waals surface area (Å²) in [7, 11) is 0. The Morgan fingerprint density at radius 1 is 1.11 bits per heavy atom. The van der Waals surface area contributed by atoms with Crippen molar-refractivity contribution in [2.24, 2.45) is 5.92 Å². The lowest BCUT2D eigenvalue weighted by Gasteiger charge is -2.32. The molecule has 0 spiro atoms. The molecule has 0 bridgehead atoms. The highest BCUT2D eigenvalue weighted by atomic mass is 32.1. The third-order valence-corrected chi connectivity index (χ3v) is 5.13. The number of hydrogen-bond donors (Lipinski definition) is 2. The smallest absolute Gasteiger partial charge is 0.371 e. The van der Waals surface area contributed by atoms with Crippen LogP contribution in [0.5, 0.6) is 0 Å². The Morgan fingerprint density at radius 2 is 1.79 bits per heavy atom. The Morgan fingerprint density at radius 3 is 2.39 bits per heavy atom. The Kier molecular flexibility index (Phi) is 6.44. The predicted molar refractivity (Wildman–Crippen MR) is 112 cm³/mol. The highest BCUT2D eigenvalue weighted by Crippen LogP contribution is 2.29. The minimum Gasteiger partial charge on any atom is -0.371 e. The lowest BCUT2D eigenvalue weighted by atomic mass is 9.99. The minimum atomic E-state index is -4.34. The van der Waals surface area contributed by atoms with Crippen molar-refractivity contribution >= 4 is 28.7 Å². The highest BCUT2D eigenvalue weighted by Gasteiger charge is 2.29. The van der Waals surface area contributed by atoms with Gasteiger partial charge in [0.2, 0.25) is 0 Å². The van der Waals surface area contributed by atoms with Crippen LogP contribution < -0.4 is 15.5 Å². The van der Waals surface area contributed by atoms with Crippen LogP contribution in [0.3, 0.4) is 0 Å². The zero-order valence-electron chi connectivity index (χ0n) is 15.7.